The van der Waals surface area contributed by atoms with Gasteiger partial charge in [-0.2, -0.15) is 33.7 Å². The van der Waals surface area contributed by atoms with E-state index >= 15 is 0 Å². The molecule has 28 nitrogen and oxygen atoms in total. The topological polar surface area (TPSA) is 402 Å². The van der Waals surface area contributed by atoms with Crippen LogP contribution in [0.25, 0.3) is 11.1 Å². The first-order chi connectivity index (χ1) is 38.0. The number of methoxy groups -OCH3 is 2. The molecule has 0 atom stereocenters. The zero-order valence-corrected chi connectivity index (χ0v) is 50.4. The van der Waals surface area contributed by atoms with Crippen LogP contribution in [0, 0.1) is 23.7 Å². The lowest BCUT2D eigenvalue weighted by Crippen LogP contribution is -2.32. The maximum Gasteiger partial charge on any atom is 0.408 e. The van der Waals surface area contributed by atoms with Crippen molar-refractivity contribution >= 4 is 64.6 Å². The molecule has 6 N–H and O–H groups in total. The largest absolute Gasteiger partial charge is 0.492 e. The molecule has 0 radical (unpaired) electrons. The van der Waals surface area contributed by atoms with Crippen molar-refractivity contribution in [1.29, 1.82) is 0 Å². The summed E-state index contributed by atoms with van der Waals surface area (Å²) in [6.07, 6.45) is -3.42. The second-order valence-electron chi connectivity index (χ2n) is 19.2. The van der Waals surface area contributed by atoms with Gasteiger partial charge in [-0.25, -0.2) is 19.2 Å². The number of nitrogens with one attached hydrogen (secondary N) is 2. The van der Waals surface area contributed by atoms with Gasteiger partial charge in [0.1, 0.15) is 45.0 Å². The first-order valence-electron chi connectivity index (χ1n) is 25.1. The molecule has 82 heavy (non-hydrogen) atoms. The molecule has 462 valence electrons. The van der Waals surface area contributed by atoms with Crippen molar-refractivity contribution in [2.45, 2.75) is 105 Å². The monoisotopic (exact) mass is 1240 g/mol. The molecule has 0 saturated heterocycles. The summed E-state index contributed by atoms with van der Waals surface area (Å²) in [5.74, 6) is 1.27. The molecular formula is C50H72N2O26S4. The average molecular weight is 1250 g/mol. The third-order valence-electron chi connectivity index (χ3n) is 9.69. The highest BCUT2D eigenvalue weighted by Crippen LogP contribution is 2.58. The SMILES string of the molecule is CCCOc1c(C#CCNC(=O)OC(C)(C)C)c(OCCCS(=O)(=O)O)c(C(=O)OC)c(OCCCS(=O)(=O)O)c1-c1c(OCCCS(=O)(=O)O)c(C#CCNC(=O)OC(C)(C)C)c(OCCCS(=O)(=O)O)c(C(=O)OC)c1OCCC. The summed E-state index contributed by atoms with van der Waals surface area (Å²) in [5, 5.41) is 4.87. The molecule has 32 heteroatoms. The molecule has 0 fully saturated rings. The molecular weight excluding hydrogens is 1170 g/mol. The van der Waals surface area contributed by atoms with E-state index in [4.69, 9.17) is 47.4 Å². The van der Waals surface area contributed by atoms with Crippen LogP contribution in [0.2, 0.25) is 0 Å². The van der Waals surface area contributed by atoms with Gasteiger partial charge in [0.25, 0.3) is 40.5 Å². The van der Waals surface area contributed by atoms with Crippen LogP contribution >= 0.6 is 0 Å². The fraction of sp³-hybridized carbons (Fsp3) is 0.600. The second-order valence-corrected chi connectivity index (χ2v) is 25.5. The Morgan fingerprint density at radius 2 is 0.707 bits per heavy atom. The summed E-state index contributed by atoms with van der Waals surface area (Å²) in [6.45, 7) is 8.64. The molecule has 0 aliphatic rings. The molecule has 0 bridgehead atoms. The first kappa shape index (κ1) is 71.6. The van der Waals surface area contributed by atoms with Crippen molar-refractivity contribution in [3.05, 3.63) is 22.3 Å². The summed E-state index contributed by atoms with van der Waals surface area (Å²) in [4.78, 5) is 54.8. The lowest BCUT2D eigenvalue weighted by molar-refractivity contribution is 0.0523. The molecule has 0 spiro atoms. The number of rotatable bonds is 31. The predicted molar refractivity (Wildman–Crippen MR) is 294 cm³/mol. The van der Waals surface area contributed by atoms with Crippen LogP contribution in [-0.2, 0) is 59.4 Å². The van der Waals surface area contributed by atoms with E-state index in [1.807, 2.05) is 0 Å². The van der Waals surface area contributed by atoms with Crippen LogP contribution in [0.1, 0.15) is 126 Å². The summed E-state index contributed by atoms with van der Waals surface area (Å²) < 4.78 is 194. The average Bonchev–Trinajstić information content (AvgIpc) is 1.99. The minimum absolute atomic E-state index is 0.163. The van der Waals surface area contributed by atoms with Crippen LogP contribution in [-0.4, -0.2) is 177 Å². The Hall–Kier alpha value is -6.52. The van der Waals surface area contributed by atoms with Crippen molar-refractivity contribution in [3.8, 4) is 69.3 Å². The van der Waals surface area contributed by atoms with Crippen molar-refractivity contribution in [1.82, 2.24) is 10.6 Å². The molecule has 0 saturated carbocycles. The Balaban J connectivity index is 3.83. The fourth-order valence-electron chi connectivity index (χ4n) is 6.69. The van der Waals surface area contributed by atoms with E-state index in [1.165, 1.54) is 0 Å². The minimum atomic E-state index is -4.69. The van der Waals surface area contributed by atoms with Crippen molar-refractivity contribution in [3.63, 3.8) is 0 Å². The summed E-state index contributed by atoms with van der Waals surface area (Å²) in [6, 6.07) is 0. The third-order valence-corrected chi connectivity index (χ3v) is 12.9. The predicted octanol–water partition coefficient (Wildman–Crippen LogP) is 4.88. The van der Waals surface area contributed by atoms with Gasteiger partial charge >= 0.3 is 24.1 Å². The van der Waals surface area contributed by atoms with E-state index < -0.39 is 232 Å². The van der Waals surface area contributed by atoms with Gasteiger partial charge in [0.15, 0.2) is 23.0 Å². The summed E-state index contributed by atoms with van der Waals surface area (Å²) in [7, 11) is -16.7. The molecule has 0 aromatic heterocycles. The van der Waals surface area contributed by atoms with Crippen molar-refractivity contribution in [2.24, 2.45) is 0 Å². The Morgan fingerprint density at radius 1 is 0.439 bits per heavy atom. The maximum atomic E-state index is 14.6. The Morgan fingerprint density at radius 3 is 0.976 bits per heavy atom. The van der Waals surface area contributed by atoms with E-state index in [9.17, 15) is 71.1 Å². The van der Waals surface area contributed by atoms with Gasteiger partial charge in [-0.1, -0.05) is 37.5 Å². The maximum absolute atomic E-state index is 14.6. The zero-order valence-electron chi connectivity index (χ0n) is 47.1. The molecule has 0 heterocycles. The highest BCUT2D eigenvalue weighted by Gasteiger charge is 2.40. The molecule has 0 aliphatic carbocycles. The zero-order chi connectivity index (χ0) is 62.3. The van der Waals surface area contributed by atoms with Crippen LogP contribution in [0.15, 0.2) is 0 Å². The number of hydrogen-bond acceptors (Lipinski definition) is 22. The minimum Gasteiger partial charge on any atom is -0.492 e. The Labute approximate surface area is 478 Å². The van der Waals surface area contributed by atoms with Crippen LogP contribution in [0.3, 0.4) is 0 Å². The third kappa shape index (κ3) is 26.2. The standard InChI is InChI=1S/C50H72N2O26S4/c1-11-23-71-39-33(19-13-21-51-47(55)77-49(3,4)5)41(74-26-16-30-80(60,61)62)38(46(54)70-10)44(76-28-18-32-82(66,67)68)35(39)36-40(73-25-15-29-79(57,58)59)34(20-14-22-52-48(56)78-50(6,7)8)42(75-27-17-31-81(63,64)65)37(45(53)69-9)43(36)72-24-12-2/h11-12,15-18,21-32H2,1-10H3,(H,51,55)(H,52,56)(H,57,58,59)(H,60,61,62)(H,63,64,65)(H,66,67,68). The number of ether oxygens (including phenoxy) is 10. The number of esters is 2. The summed E-state index contributed by atoms with van der Waals surface area (Å²) >= 11 is 0. The Kier molecular flexibility index (Phi) is 28.2. The number of benzene rings is 2. The van der Waals surface area contributed by atoms with Gasteiger partial charge in [0.05, 0.1) is 101 Å². The highest BCUT2D eigenvalue weighted by atomic mass is 32.2. The molecule has 2 rings (SSSR count). The number of carbonyl (C=O) groups excluding carboxylic acids is 4. The smallest absolute Gasteiger partial charge is 0.408 e. The quantitative estimate of drug-likeness (QED) is 0.0192. The molecule has 2 aromatic carbocycles. The van der Waals surface area contributed by atoms with Gasteiger partial charge in [-0.05, 0) is 80.1 Å². The van der Waals surface area contributed by atoms with E-state index in [1.54, 1.807) is 55.4 Å². The lowest BCUT2D eigenvalue weighted by Gasteiger charge is -2.28. The number of alkyl carbamates (subject to hydrolysis) is 2. The van der Waals surface area contributed by atoms with E-state index in [2.05, 4.69) is 34.3 Å². The fourth-order valence-corrected chi connectivity index (χ4v) is 8.62. The molecule has 0 aliphatic heterocycles. The number of amides is 2. The normalized spacial score (nSPS) is 11.8. The van der Waals surface area contributed by atoms with Crippen molar-refractivity contribution < 1.29 is 118 Å². The van der Waals surface area contributed by atoms with E-state index in [0.717, 1.165) is 14.2 Å². The molecule has 0 unspecified atom stereocenters. The van der Waals surface area contributed by atoms with Gasteiger partial charge in [0.2, 0.25) is 0 Å². The van der Waals surface area contributed by atoms with Crippen LogP contribution in [0.5, 0.6) is 34.5 Å². The lowest BCUT2D eigenvalue weighted by atomic mass is 9.89. The van der Waals surface area contributed by atoms with Crippen molar-refractivity contribution in [2.75, 3.05) is 90.0 Å². The van der Waals surface area contributed by atoms with E-state index in [-0.39, 0.29) is 26.1 Å². The van der Waals surface area contributed by atoms with Gasteiger partial charge in [-0.3, -0.25) is 18.2 Å². The van der Waals surface area contributed by atoms with E-state index in [0.29, 0.717) is 0 Å². The molecule has 2 amide bonds. The highest BCUT2D eigenvalue weighted by molar-refractivity contribution is 7.86. The first-order valence-corrected chi connectivity index (χ1v) is 31.5. The van der Waals surface area contributed by atoms with Gasteiger partial charge < -0.3 is 58.0 Å². The number of carbonyl (C=O) groups is 4. The summed E-state index contributed by atoms with van der Waals surface area (Å²) in [5.41, 5.74) is -5.28. The Bertz CT molecular complexity index is 3120. The second kappa shape index (κ2) is 32.4. The van der Waals surface area contributed by atoms with Crippen LogP contribution in [0.4, 0.5) is 9.59 Å². The van der Waals surface area contributed by atoms with Gasteiger partial charge in [0, 0.05) is 0 Å². The van der Waals surface area contributed by atoms with Gasteiger partial charge in [-0.15, -0.1) is 0 Å². The number of hydrogen-bond donors (Lipinski definition) is 6. The molecule has 2 aromatic rings. The van der Waals surface area contributed by atoms with Crippen LogP contribution < -0.4 is 39.1 Å².